The van der Waals surface area contributed by atoms with E-state index in [1.807, 2.05) is 36.9 Å². The minimum atomic E-state index is -0.330. The maximum absolute atomic E-state index is 13.3. The SMILES string of the molecule is Cc1nc([C@@]23CN(Cc4ccccc4)C[C@@H]2CCN(C(=O)Nc2cccc(C)c2C)C3)no1. The maximum atomic E-state index is 13.3. The van der Waals surface area contributed by atoms with Crippen molar-refractivity contribution in [1.82, 2.24) is 19.9 Å². The highest BCUT2D eigenvalue weighted by Crippen LogP contribution is 2.44. The van der Waals surface area contributed by atoms with E-state index in [1.54, 1.807) is 0 Å². The molecular formula is C26H31N5O2. The fourth-order valence-electron chi connectivity index (χ4n) is 5.40. The molecule has 3 heterocycles. The lowest BCUT2D eigenvalue weighted by Crippen LogP contribution is -2.55. The molecule has 2 saturated heterocycles. The van der Waals surface area contributed by atoms with Gasteiger partial charge in [0, 0.05) is 45.3 Å². The number of carbonyl (C=O) groups is 1. The van der Waals surface area contributed by atoms with E-state index in [0.717, 1.165) is 55.2 Å². The molecule has 3 aromatic rings. The molecule has 7 nitrogen and oxygen atoms in total. The largest absolute Gasteiger partial charge is 0.340 e. The molecule has 0 spiro atoms. The molecule has 5 rings (SSSR count). The van der Waals surface area contributed by atoms with Crippen molar-refractivity contribution < 1.29 is 9.32 Å². The summed E-state index contributed by atoms with van der Waals surface area (Å²) in [7, 11) is 0. The van der Waals surface area contributed by atoms with Gasteiger partial charge in [-0.25, -0.2) is 4.79 Å². The second-order valence-electron chi connectivity index (χ2n) is 9.53. The number of fused-ring (bicyclic) bond motifs is 1. The van der Waals surface area contributed by atoms with E-state index in [9.17, 15) is 4.79 Å². The summed E-state index contributed by atoms with van der Waals surface area (Å²) >= 11 is 0. The molecule has 2 aromatic carbocycles. The fourth-order valence-corrected chi connectivity index (χ4v) is 5.40. The number of nitrogens with zero attached hydrogens (tertiary/aromatic N) is 4. The Morgan fingerprint density at radius 3 is 2.70 bits per heavy atom. The Labute approximate surface area is 194 Å². The minimum Gasteiger partial charge on any atom is -0.340 e. The van der Waals surface area contributed by atoms with Crippen LogP contribution in [-0.4, -0.2) is 52.2 Å². The minimum absolute atomic E-state index is 0.0664. The van der Waals surface area contributed by atoms with Gasteiger partial charge in [0.1, 0.15) is 0 Å². The third-order valence-corrected chi connectivity index (χ3v) is 7.34. The fraction of sp³-hybridized carbons (Fsp3) is 0.423. The van der Waals surface area contributed by atoms with Gasteiger partial charge in [0.2, 0.25) is 5.89 Å². The second-order valence-corrected chi connectivity index (χ2v) is 9.53. The molecule has 0 unspecified atom stereocenters. The molecule has 2 aliphatic heterocycles. The molecule has 1 N–H and O–H groups in total. The number of amides is 2. The van der Waals surface area contributed by atoms with Crippen LogP contribution in [0, 0.1) is 26.7 Å². The molecule has 0 aliphatic carbocycles. The normalized spacial score (nSPS) is 22.9. The number of hydrogen-bond donors (Lipinski definition) is 1. The van der Waals surface area contributed by atoms with Gasteiger partial charge in [0.05, 0.1) is 5.41 Å². The molecule has 2 aliphatic rings. The Hall–Kier alpha value is -3.19. The van der Waals surface area contributed by atoms with Crippen molar-refractivity contribution >= 4 is 11.7 Å². The second kappa shape index (κ2) is 8.63. The van der Waals surface area contributed by atoms with Crippen LogP contribution in [0.15, 0.2) is 53.1 Å². The molecule has 2 atom stereocenters. The highest BCUT2D eigenvalue weighted by molar-refractivity contribution is 5.90. The van der Waals surface area contributed by atoms with Crippen molar-refractivity contribution in [3.8, 4) is 0 Å². The van der Waals surface area contributed by atoms with E-state index in [1.165, 1.54) is 5.56 Å². The number of benzene rings is 2. The Kier molecular flexibility index (Phi) is 5.66. The zero-order valence-electron chi connectivity index (χ0n) is 19.5. The molecule has 2 amide bonds. The number of urea groups is 1. The molecule has 7 heteroatoms. The Bertz CT molecular complexity index is 1140. The van der Waals surface area contributed by atoms with Crippen molar-refractivity contribution in [2.45, 2.75) is 39.2 Å². The number of carbonyl (C=O) groups excluding carboxylic acids is 1. The lowest BCUT2D eigenvalue weighted by Gasteiger charge is -2.42. The molecule has 172 valence electrons. The van der Waals surface area contributed by atoms with Gasteiger partial charge in [-0.05, 0) is 48.9 Å². The van der Waals surface area contributed by atoms with Crippen LogP contribution in [-0.2, 0) is 12.0 Å². The van der Waals surface area contributed by atoms with Crippen LogP contribution in [0.3, 0.4) is 0 Å². The van der Waals surface area contributed by atoms with E-state index in [2.05, 4.69) is 57.6 Å². The van der Waals surface area contributed by atoms with Crippen molar-refractivity contribution in [2.24, 2.45) is 5.92 Å². The summed E-state index contributed by atoms with van der Waals surface area (Å²) < 4.78 is 5.40. The van der Waals surface area contributed by atoms with E-state index >= 15 is 0 Å². The van der Waals surface area contributed by atoms with Crippen molar-refractivity contribution in [2.75, 3.05) is 31.5 Å². The Balaban J connectivity index is 1.39. The van der Waals surface area contributed by atoms with Gasteiger partial charge in [0.15, 0.2) is 5.82 Å². The predicted molar refractivity (Wildman–Crippen MR) is 127 cm³/mol. The maximum Gasteiger partial charge on any atom is 0.321 e. The van der Waals surface area contributed by atoms with Crippen molar-refractivity contribution in [3.05, 3.63) is 76.9 Å². The molecule has 33 heavy (non-hydrogen) atoms. The summed E-state index contributed by atoms with van der Waals surface area (Å²) in [4.78, 5) is 22.4. The number of nitrogens with one attached hydrogen (secondary N) is 1. The van der Waals surface area contributed by atoms with Crippen LogP contribution >= 0.6 is 0 Å². The van der Waals surface area contributed by atoms with Gasteiger partial charge in [-0.15, -0.1) is 0 Å². The molecule has 2 fully saturated rings. The van der Waals surface area contributed by atoms with Gasteiger partial charge in [-0.2, -0.15) is 4.98 Å². The lowest BCUT2D eigenvalue weighted by molar-refractivity contribution is 0.131. The van der Waals surface area contributed by atoms with E-state index < -0.39 is 0 Å². The zero-order chi connectivity index (χ0) is 23.0. The number of rotatable bonds is 4. The average Bonchev–Trinajstić information content (AvgIpc) is 3.41. The number of aryl methyl sites for hydroxylation is 2. The van der Waals surface area contributed by atoms with E-state index in [4.69, 9.17) is 4.52 Å². The first-order valence-corrected chi connectivity index (χ1v) is 11.6. The summed E-state index contributed by atoms with van der Waals surface area (Å²) in [5.74, 6) is 1.67. The first-order chi connectivity index (χ1) is 15.9. The number of aromatic nitrogens is 2. The third-order valence-electron chi connectivity index (χ3n) is 7.34. The molecule has 0 radical (unpaired) electrons. The van der Waals surface area contributed by atoms with Crippen LogP contribution in [0.25, 0.3) is 0 Å². The van der Waals surface area contributed by atoms with Crippen LogP contribution < -0.4 is 5.32 Å². The molecular weight excluding hydrogens is 414 g/mol. The number of piperidine rings is 1. The highest BCUT2D eigenvalue weighted by Gasteiger charge is 2.54. The summed E-state index contributed by atoms with van der Waals surface area (Å²) in [6.07, 6.45) is 0.916. The first-order valence-electron chi connectivity index (χ1n) is 11.6. The van der Waals surface area contributed by atoms with E-state index in [-0.39, 0.29) is 11.4 Å². The van der Waals surface area contributed by atoms with Crippen LogP contribution in [0.1, 0.15) is 34.8 Å². The summed E-state index contributed by atoms with van der Waals surface area (Å²) in [5.41, 5.74) is 4.09. The van der Waals surface area contributed by atoms with Gasteiger partial charge >= 0.3 is 6.03 Å². The Morgan fingerprint density at radius 1 is 1.12 bits per heavy atom. The monoisotopic (exact) mass is 445 g/mol. The van der Waals surface area contributed by atoms with Gasteiger partial charge in [0.25, 0.3) is 0 Å². The standard InChI is InChI=1S/C26H31N5O2/c1-18-8-7-11-23(19(18)2)28-25(32)31-13-12-22-15-30(14-21-9-5-4-6-10-21)16-26(22,17-31)24-27-20(3)33-29-24/h4-11,22H,12-17H2,1-3H3,(H,28,32)/t22-,26+/m0/s1. The Morgan fingerprint density at radius 2 is 1.94 bits per heavy atom. The third kappa shape index (κ3) is 4.13. The smallest absolute Gasteiger partial charge is 0.321 e. The van der Waals surface area contributed by atoms with Crippen molar-refractivity contribution in [1.29, 1.82) is 0 Å². The van der Waals surface area contributed by atoms with Crippen LogP contribution in [0.2, 0.25) is 0 Å². The van der Waals surface area contributed by atoms with E-state index in [0.29, 0.717) is 18.4 Å². The van der Waals surface area contributed by atoms with Gasteiger partial charge < -0.3 is 14.7 Å². The summed E-state index contributed by atoms with van der Waals surface area (Å²) in [6, 6.07) is 16.5. The van der Waals surface area contributed by atoms with Crippen LogP contribution in [0.4, 0.5) is 10.5 Å². The predicted octanol–water partition coefficient (Wildman–Crippen LogP) is 4.30. The van der Waals surface area contributed by atoms with Crippen LogP contribution in [0.5, 0.6) is 0 Å². The number of hydrogen-bond acceptors (Lipinski definition) is 5. The highest BCUT2D eigenvalue weighted by atomic mass is 16.5. The topological polar surface area (TPSA) is 74.5 Å². The summed E-state index contributed by atoms with van der Waals surface area (Å²) in [6.45, 7) is 9.88. The van der Waals surface area contributed by atoms with Gasteiger partial charge in [-0.1, -0.05) is 47.6 Å². The zero-order valence-corrected chi connectivity index (χ0v) is 19.5. The lowest BCUT2D eigenvalue weighted by atomic mass is 9.72. The number of anilines is 1. The van der Waals surface area contributed by atoms with Crippen molar-refractivity contribution in [3.63, 3.8) is 0 Å². The summed E-state index contributed by atoms with van der Waals surface area (Å²) in [5, 5.41) is 7.48. The molecule has 0 bridgehead atoms. The first kappa shape index (κ1) is 21.6. The molecule has 1 aromatic heterocycles. The number of likely N-dealkylation sites (tertiary alicyclic amines) is 2. The molecule has 0 saturated carbocycles. The average molecular weight is 446 g/mol. The quantitative estimate of drug-likeness (QED) is 0.648. The van der Waals surface area contributed by atoms with Gasteiger partial charge in [-0.3, -0.25) is 4.90 Å².